The van der Waals surface area contributed by atoms with Crippen molar-refractivity contribution in [1.29, 1.82) is 0 Å². The Kier molecular flexibility index (Phi) is 13.9. The van der Waals surface area contributed by atoms with Crippen LogP contribution in [0, 0.1) is 0 Å². The number of hydrogen-bond donors (Lipinski definition) is 5. The molecular formula is C41H33N7O10S3. The molecule has 20 heteroatoms. The minimum atomic E-state index is -3.40. The van der Waals surface area contributed by atoms with Crippen LogP contribution in [0.25, 0.3) is 21.5 Å². The molecule has 0 saturated carbocycles. The fraction of sp³-hybridized carbons (Fsp3) is 0.0732. The Morgan fingerprint density at radius 3 is 2.02 bits per heavy atom. The Labute approximate surface area is 356 Å². The van der Waals surface area contributed by atoms with Crippen molar-refractivity contribution >= 4 is 101 Å². The molecule has 0 bridgehead atoms. The zero-order chi connectivity index (χ0) is 42.8. The first-order valence-electron chi connectivity index (χ1n) is 18.0. The molecule has 7 aromatic rings. The number of azo groups is 3. The molecule has 0 aliphatic heterocycles. The van der Waals surface area contributed by atoms with Crippen LogP contribution in [-0.2, 0) is 28.6 Å². The second-order valence-electron chi connectivity index (χ2n) is 12.8. The molecule has 7 rings (SSSR count). The van der Waals surface area contributed by atoms with Gasteiger partial charge in [0.1, 0.15) is 17.1 Å². The minimum absolute atomic E-state index is 0.0379. The standard InChI is InChI=1S/C41H33N7O10S3/c1-2-20-61(53,54)31-14-10-27(11-15-31)43-45-35-18-19-36(34-24-30(59-57-55-51)13-16-32(34)35)46-48-40-39(60-58-56-52)21-25-8-9-29(22-33(25)41(40)50)44-47-37-17-12-28(23-38(37)49)42-26-6-4-3-5-7-26/h3-19,21-24,42,49-52H,2,20H2,1H3. The summed E-state index contributed by atoms with van der Waals surface area (Å²) >= 11 is 1.30. The van der Waals surface area contributed by atoms with Crippen molar-refractivity contribution in [2.24, 2.45) is 30.7 Å². The maximum Gasteiger partial charge on any atom is 0.178 e. The molecule has 7 aromatic carbocycles. The summed E-state index contributed by atoms with van der Waals surface area (Å²) in [5.74, 6) is -0.371. The van der Waals surface area contributed by atoms with Crippen LogP contribution in [-0.4, -0.2) is 34.9 Å². The predicted octanol–water partition coefficient (Wildman–Crippen LogP) is 13.4. The lowest BCUT2D eigenvalue weighted by atomic mass is 10.1. The van der Waals surface area contributed by atoms with E-state index in [0.29, 0.717) is 73.3 Å². The second-order valence-corrected chi connectivity index (χ2v) is 16.5. The van der Waals surface area contributed by atoms with Crippen molar-refractivity contribution in [2.45, 2.75) is 28.0 Å². The first kappa shape index (κ1) is 42.8. The van der Waals surface area contributed by atoms with Crippen LogP contribution in [0.15, 0.2) is 173 Å². The van der Waals surface area contributed by atoms with E-state index in [1.807, 2.05) is 30.3 Å². The zero-order valence-electron chi connectivity index (χ0n) is 31.7. The van der Waals surface area contributed by atoms with Crippen LogP contribution < -0.4 is 5.32 Å². The highest BCUT2D eigenvalue weighted by Crippen LogP contribution is 2.46. The van der Waals surface area contributed by atoms with Crippen LogP contribution in [0.1, 0.15) is 13.3 Å². The van der Waals surface area contributed by atoms with Gasteiger partial charge in [-0.3, -0.25) is 0 Å². The van der Waals surface area contributed by atoms with Gasteiger partial charge in [-0.25, -0.2) is 18.9 Å². The fourth-order valence-corrected chi connectivity index (χ4v) is 8.21. The summed E-state index contributed by atoms with van der Waals surface area (Å²) in [6, 6.07) is 35.4. The number of rotatable bonds is 17. The molecule has 5 N–H and O–H groups in total. The summed E-state index contributed by atoms with van der Waals surface area (Å²) in [6.45, 7) is 1.80. The number of hydrogen-bond acceptors (Lipinski definition) is 19. The maximum atomic E-state index is 12.5. The zero-order valence-corrected chi connectivity index (χ0v) is 34.1. The van der Waals surface area contributed by atoms with Crippen LogP contribution in [0.2, 0.25) is 0 Å². The Balaban J connectivity index is 1.21. The summed E-state index contributed by atoms with van der Waals surface area (Å²) in [5, 5.41) is 78.8. The van der Waals surface area contributed by atoms with Gasteiger partial charge in [-0.15, -0.1) is 29.1 Å². The molecule has 0 atom stereocenters. The summed E-state index contributed by atoms with van der Waals surface area (Å²) in [4.78, 5) is 0.923. The van der Waals surface area contributed by atoms with E-state index in [0.717, 1.165) is 17.7 Å². The van der Waals surface area contributed by atoms with Crippen molar-refractivity contribution in [3.8, 4) is 11.5 Å². The maximum absolute atomic E-state index is 12.5. The van der Waals surface area contributed by atoms with Gasteiger partial charge in [-0.2, -0.15) is 10.2 Å². The molecular weight excluding hydrogens is 847 g/mol. The molecule has 0 fully saturated rings. The Morgan fingerprint density at radius 1 is 0.607 bits per heavy atom. The number of sulfone groups is 1. The Hall–Kier alpha value is -6.33. The Morgan fingerprint density at radius 2 is 1.28 bits per heavy atom. The molecule has 0 amide bonds. The highest BCUT2D eigenvalue weighted by Gasteiger charge is 2.17. The monoisotopic (exact) mass is 879 g/mol. The summed E-state index contributed by atoms with van der Waals surface area (Å²) in [6.07, 6.45) is 0.496. The molecule has 0 unspecified atom stereocenters. The van der Waals surface area contributed by atoms with Crippen molar-refractivity contribution in [3.05, 3.63) is 127 Å². The lowest BCUT2D eigenvalue weighted by Crippen LogP contribution is -2.05. The van der Waals surface area contributed by atoms with E-state index in [9.17, 15) is 18.6 Å². The summed E-state index contributed by atoms with van der Waals surface area (Å²) < 4.78 is 34.3. The van der Waals surface area contributed by atoms with Gasteiger partial charge in [-0.05, 0) is 103 Å². The molecule has 0 saturated heterocycles. The van der Waals surface area contributed by atoms with Gasteiger partial charge >= 0.3 is 0 Å². The average Bonchev–Trinajstić information content (AvgIpc) is 3.27. The average molecular weight is 880 g/mol. The highest BCUT2D eigenvalue weighted by molar-refractivity contribution is 7.95. The molecule has 0 spiro atoms. The van der Waals surface area contributed by atoms with Gasteiger partial charge in [0.05, 0.1) is 62.4 Å². The first-order chi connectivity index (χ1) is 29.6. The summed E-state index contributed by atoms with van der Waals surface area (Å²) in [5.41, 5.74) is 3.19. The van der Waals surface area contributed by atoms with Crippen molar-refractivity contribution < 1.29 is 47.9 Å². The molecule has 310 valence electrons. The number of para-hydroxylation sites is 1. The van der Waals surface area contributed by atoms with Gasteiger partial charge in [0.15, 0.2) is 15.6 Å². The number of phenolic OH excluding ortho intramolecular Hbond substituents is 2. The van der Waals surface area contributed by atoms with E-state index < -0.39 is 9.84 Å². The number of fused-ring (bicyclic) bond motifs is 2. The number of nitrogens with zero attached hydrogens (tertiary/aromatic N) is 6. The molecule has 61 heavy (non-hydrogen) atoms. The van der Waals surface area contributed by atoms with Crippen molar-refractivity contribution in [2.75, 3.05) is 11.1 Å². The number of anilines is 2. The van der Waals surface area contributed by atoms with E-state index in [1.54, 1.807) is 85.8 Å². The van der Waals surface area contributed by atoms with Gasteiger partial charge in [0.25, 0.3) is 0 Å². The molecule has 0 aliphatic rings. The normalized spacial score (nSPS) is 12.1. The molecule has 17 nitrogen and oxygen atoms in total. The highest BCUT2D eigenvalue weighted by atomic mass is 32.2. The smallest absolute Gasteiger partial charge is 0.178 e. The number of phenols is 2. The second kappa shape index (κ2) is 19.8. The van der Waals surface area contributed by atoms with Gasteiger partial charge in [0.2, 0.25) is 0 Å². The molecule has 0 aliphatic carbocycles. The number of aromatic hydroxyl groups is 2. The lowest BCUT2D eigenvalue weighted by Gasteiger charge is -2.10. The van der Waals surface area contributed by atoms with E-state index in [2.05, 4.69) is 50.4 Å². The van der Waals surface area contributed by atoms with Gasteiger partial charge in [0, 0.05) is 38.5 Å². The van der Waals surface area contributed by atoms with Crippen LogP contribution in [0.3, 0.4) is 0 Å². The van der Waals surface area contributed by atoms with Crippen molar-refractivity contribution in [1.82, 2.24) is 0 Å². The van der Waals surface area contributed by atoms with Crippen LogP contribution in [0.4, 0.5) is 45.5 Å². The van der Waals surface area contributed by atoms with Crippen molar-refractivity contribution in [3.63, 3.8) is 0 Å². The topological polar surface area (TPSA) is 238 Å². The van der Waals surface area contributed by atoms with E-state index in [1.165, 1.54) is 18.2 Å². The third-order valence-corrected chi connectivity index (χ3v) is 11.9. The summed E-state index contributed by atoms with van der Waals surface area (Å²) in [7, 11) is -3.40. The minimum Gasteiger partial charge on any atom is -0.506 e. The fourth-order valence-electron chi connectivity index (χ4n) is 5.99. The molecule has 0 heterocycles. The van der Waals surface area contributed by atoms with Crippen LogP contribution in [0.5, 0.6) is 11.5 Å². The quantitative estimate of drug-likeness (QED) is 0.0248. The van der Waals surface area contributed by atoms with E-state index in [4.69, 9.17) is 14.8 Å². The lowest BCUT2D eigenvalue weighted by molar-refractivity contribution is -0.432. The van der Waals surface area contributed by atoms with E-state index in [-0.39, 0.29) is 38.4 Å². The molecule has 0 radical (unpaired) electrons. The Bertz CT molecular complexity index is 2890. The largest absolute Gasteiger partial charge is 0.506 e. The molecule has 0 aromatic heterocycles. The third kappa shape index (κ3) is 10.5. The van der Waals surface area contributed by atoms with E-state index >= 15 is 0 Å². The van der Waals surface area contributed by atoms with Gasteiger partial charge in [-0.1, -0.05) is 47.3 Å². The SMILES string of the molecule is CCCS(=O)(=O)c1ccc(N=Nc2ccc(N=Nc3c(SOOO)cc4ccc(N=Nc5ccc(Nc6ccccc6)cc5O)cc4c3O)c3cc(SOOO)ccc23)cc1. The van der Waals surface area contributed by atoms with Crippen LogP contribution >= 0.6 is 24.1 Å². The number of benzene rings is 7. The number of nitrogens with one attached hydrogen (secondary N) is 1. The predicted molar refractivity (Wildman–Crippen MR) is 230 cm³/mol. The third-order valence-electron chi connectivity index (χ3n) is 8.80. The first-order valence-corrected chi connectivity index (χ1v) is 21.2. The van der Waals surface area contributed by atoms with Gasteiger partial charge < -0.3 is 15.5 Å².